The summed E-state index contributed by atoms with van der Waals surface area (Å²) in [6.45, 7) is 0. The van der Waals surface area contributed by atoms with Crippen LogP contribution in [-0.4, -0.2) is 11.8 Å². The number of hydrogen-bond acceptors (Lipinski definition) is 2. The fourth-order valence-electron chi connectivity index (χ4n) is 3.20. The van der Waals surface area contributed by atoms with Crippen molar-refractivity contribution in [3.8, 4) is 0 Å². The van der Waals surface area contributed by atoms with Crippen LogP contribution in [0.25, 0.3) is 11.4 Å². The second-order valence-electron chi connectivity index (χ2n) is 6.30. The molecule has 4 nitrogen and oxygen atoms in total. The van der Waals surface area contributed by atoms with Crippen molar-refractivity contribution >= 4 is 249 Å². The molecule has 0 unspecified atom stereocenters. The normalized spacial score (nSPS) is 15.6. The van der Waals surface area contributed by atoms with Crippen molar-refractivity contribution in [1.82, 2.24) is 10.6 Å². The molecule has 2 aliphatic rings. The van der Waals surface area contributed by atoms with Gasteiger partial charge in [-0.05, 0) is 226 Å². The first-order valence-electron chi connectivity index (χ1n) is 8.05. The van der Waals surface area contributed by atoms with E-state index in [4.69, 9.17) is 0 Å². The maximum Gasteiger partial charge on any atom is 0.258 e. The lowest BCUT2D eigenvalue weighted by atomic mass is 10.0. The van der Waals surface area contributed by atoms with E-state index in [1.807, 2.05) is 0 Å². The smallest absolute Gasteiger partial charge is 0.258 e. The van der Waals surface area contributed by atoms with Gasteiger partial charge < -0.3 is 10.6 Å². The lowest BCUT2D eigenvalue weighted by molar-refractivity contribution is -0.117. The molecule has 0 spiro atoms. The minimum absolute atomic E-state index is 0.242. The standard InChI is InChI=1S/C18H2I10N2O2/c19-5-3(6(20)10(24)13(27)9(5)23)15-1-2(18(32)29-15)16(30-17(1)31)4-7(21)11(25)14(28)12(26)8(4)22/h(H,29,32)(H,30,31). The molecule has 4 rings (SSSR count). The van der Waals surface area contributed by atoms with E-state index < -0.39 is 0 Å². The van der Waals surface area contributed by atoms with Gasteiger partial charge in [0.2, 0.25) is 0 Å². The fraction of sp³-hybridized carbons (Fsp3) is 0. The van der Waals surface area contributed by atoms with Crippen molar-refractivity contribution in [3.05, 3.63) is 58.0 Å². The quantitative estimate of drug-likeness (QED) is 0.182. The minimum Gasteiger partial charge on any atom is -0.321 e. The summed E-state index contributed by atoms with van der Waals surface area (Å²) in [5.74, 6) is -0.484. The Morgan fingerprint density at radius 2 is 0.594 bits per heavy atom. The van der Waals surface area contributed by atoms with Crippen LogP contribution in [0.2, 0.25) is 0 Å². The van der Waals surface area contributed by atoms with Gasteiger partial charge in [0.15, 0.2) is 0 Å². The van der Waals surface area contributed by atoms with Crippen molar-refractivity contribution in [2.45, 2.75) is 0 Å². The second kappa shape index (κ2) is 11.3. The molecule has 0 atom stereocenters. The topological polar surface area (TPSA) is 58.2 Å². The molecule has 0 aliphatic carbocycles. The summed E-state index contributed by atoms with van der Waals surface area (Å²) in [5.41, 5.74) is 3.88. The molecule has 166 valence electrons. The Labute approximate surface area is 319 Å². The van der Waals surface area contributed by atoms with Gasteiger partial charge in [0.1, 0.15) is 0 Å². The SMILES string of the molecule is O=C1NC(c2c(I)c(I)c(I)c(I)c2I)=C2C(=O)NC(c3c(I)c(I)c(I)c(I)c3I)=C12. The Hall–Kier alpha value is 4.16. The Kier molecular flexibility index (Phi) is 10.3. The van der Waals surface area contributed by atoms with E-state index in [-0.39, 0.29) is 11.8 Å². The Morgan fingerprint density at radius 1 is 0.375 bits per heavy atom. The van der Waals surface area contributed by atoms with Gasteiger partial charge in [0, 0.05) is 46.8 Å². The van der Waals surface area contributed by atoms with E-state index in [0.29, 0.717) is 22.5 Å². The van der Waals surface area contributed by atoms with Gasteiger partial charge in [-0.2, -0.15) is 0 Å². The van der Waals surface area contributed by atoms with Gasteiger partial charge in [0.25, 0.3) is 11.8 Å². The van der Waals surface area contributed by atoms with E-state index >= 15 is 0 Å². The van der Waals surface area contributed by atoms with Crippen molar-refractivity contribution in [1.29, 1.82) is 0 Å². The number of benzene rings is 2. The number of fused-ring (bicyclic) bond motifs is 1. The highest BCUT2D eigenvalue weighted by molar-refractivity contribution is 14.1. The first kappa shape index (κ1) is 29.2. The summed E-state index contributed by atoms with van der Waals surface area (Å²) in [6.07, 6.45) is 0. The molecule has 0 fully saturated rings. The molecule has 2 aromatic carbocycles. The molecule has 2 amide bonds. The maximum atomic E-state index is 13.3. The van der Waals surface area contributed by atoms with Crippen LogP contribution in [0.3, 0.4) is 0 Å². The second-order valence-corrected chi connectivity index (χ2v) is 17.1. The molecule has 0 saturated carbocycles. The van der Waals surface area contributed by atoms with E-state index in [1.165, 1.54) is 7.14 Å². The zero-order valence-corrected chi connectivity index (χ0v) is 36.2. The van der Waals surface area contributed by atoms with Crippen molar-refractivity contribution < 1.29 is 9.59 Å². The van der Waals surface area contributed by atoms with Gasteiger partial charge in [0.05, 0.1) is 22.5 Å². The van der Waals surface area contributed by atoms with Crippen LogP contribution >= 0.6 is 226 Å². The highest BCUT2D eigenvalue weighted by Crippen LogP contribution is 2.45. The zero-order chi connectivity index (χ0) is 23.8. The molecule has 2 heterocycles. The van der Waals surface area contributed by atoms with E-state index in [0.717, 1.165) is 39.7 Å². The number of rotatable bonds is 2. The monoisotopic (exact) mass is 1550 g/mol. The summed E-state index contributed by atoms with van der Waals surface area (Å²) in [6, 6.07) is 0. The molecule has 0 saturated heterocycles. The van der Waals surface area contributed by atoms with Crippen LogP contribution in [-0.2, 0) is 9.59 Å². The van der Waals surface area contributed by atoms with Gasteiger partial charge in [-0.1, -0.05) is 0 Å². The summed E-state index contributed by atoms with van der Waals surface area (Å²) in [7, 11) is 0. The summed E-state index contributed by atoms with van der Waals surface area (Å²) in [4.78, 5) is 26.5. The minimum atomic E-state index is -0.242. The predicted octanol–water partition coefficient (Wildman–Crippen LogP) is 8.11. The van der Waals surface area contributed by atoms with Crippen LogP contribution in [0.15, 0.2) is 11.1 Å². The van der Waals surface area contributed by atoms with Crippen molar-refractivity contribution in [2.24, 2.45) is 0 Å². The number of halogens is 10. The van der Waals surface area contributed by atoms with Crippen LogP contribution in [0.5, 0.6) is 0 Å². The highest BCUT2D eigenvalue weighted by Gasteiger charge is 2.43. The first-order chi connectivity index (χ1) is 14.9. The molecular weight excluding hydrogens is 1550 g/mol. The number of carbonyl (C=O) groups excluding carboxylic acids is 2. The molecule has 14 heteroatoms. The molecule has 0 bridgehead atoms. The molecule has 2 aliphatic heterocycles. The summed E-state index contributed by atoms with van der Waals surface area (Å²) in [5, 5.41) is 6.06. The Bertz CT molecular complexity index is 1200. The predicted molar refractivity (Wildman–Crippen MR) is 210 cm³/mol. The zero-order valence-electron chi connectivity index (χ0n) is 14.6. The third-order valence-corrected chi connectivity index (χ3v) is 23.6. The Morgan fingerprint density at radius 3 is 0.844 bits per heavy atom. The van der Waals surface area contributed by atoms with Gasteiger partial charge in [-0.25, -0.2) is 0 Å². The van der Waals surface area contributed by atoms with Crippen LogP contribution in [0.1, 0.15) is 11.1 Å². The lowest BCUT2D eigenvalue weighted by Crippen LogP contribution is -2.23. The van der Waals surface area contributed by atoms with Gasteiger partial charge >= 0.3 is 0 Å². The third kappa shape index (κ3) is 4.83. The molecule has 0 radical (unpaired) electrons. The summed E-state index contributed by atoms with van der Waals surface area (Å²) < 4.78 is 11.0. The first-order valence-corrected chi connectivity index (χ1v) is 18.8. The van der Waals surface area contributed by atoms with Gasteiger partial charge in [-0.15, -0.1) is 0 Å². The molecule has 0 aromatic heterocycles. The number of amides is 2. The maximum absolute atomic E-state index is 13.3. The van der Waals surface area contributed by atoms with E-state index in [1.54, 1.807) is 0 Å². The van der Waals surface area contributed by atoms with Crippen LogP contribution in [0, 0.1) is 35.7 Å². The average molecular weight is 1550 g/mol. The molecule has 2 aromatic rings. The fourth-order valence-corrected chi connectivity index (χ4v) is 13.8. The van der Waals surface area contributed by atoms with Gasteiger partial charge in [-0.3, -0.25) is 9.59 Å². The average Bonchev–Trinajstić information content (AvgIpc) is 3.27. The van der Waals surface area contributed by atoms with Crippen LogP contribution in [0.4, 0.5) is 0 Å². The highest BCUT2D eigenvalue weighted by atomic mass is 127. The lowest BCUT2D eigenvalue weighted by Gasteiger charge is -2.16. The number of carbonyl (C=O) groups is 2. The van der Waals surface area contributed by atoms with E-state index in [9.17, 15) is 9.59 Å². The number of hydrogen-bond donors (Lipinski definition) is 2. The molecule has 2 N–H and O–H groups in total. The third-order valence-electron chi connectivity index (χ3n) is 4.60. The summed E-state index contributed by atoms with van der Waals surface area (Å²) >= 11 is 23.3. The van der Waals surface area contributed by atoms with Crippen LogP contribution < -0.4 is 10.6 Å². The largest absolute Gasteiger partial charge is 0.321 e. The molecular formula is C18H2I10N2O2. The van der Waals surface area contributed by atoms with Crippen molar-refractivity contribution in [2.75, 3.05) is 0 Å². The number of nitrogens with one attached hydrogen (secondary N) is 2. The van der Waals surface area contributed by atoms with Crippen molar-refractivity contribution in [3.63, 3.8) is 0 Å². The molecule has 32 heavy (non-hydrogen) atoms. The Balaban J connectivity index is 2.07. The van der Waals surface area contributed by atoms with E-state index in [2.05, 4.69) is 237 Å².